The average Bonchev–Trinajstić information content (AvgIpc) is 3.07. The number of rotatable bonds is 4. The molecule has 2 atom stereocenters. The zero-order valence-corrected chi connectivity index (χ0v) is 14.6. The normalized spacial score (nSPS) is 20.0. The molecule has 25 heavy (non-hydrogen) atoms. The molecule has 1 amide bonds. The van der Waals surface area contributed by atoms with Gasteiger partial charge >= 0.3 is 0 Å². The Hall–Kier alpha value is -2.65. The highest BCUT2D eigenvalue weighted by Crippen LogP contribution is 2.34. The molecule has 6 nitrogen and oxygen atoms in total. The van der Waals surface area contributed by atoms with Crippen molar-refractivity contribution in [3.05, 3.63) is 53.6 Å². The highest BCUT2D eigenvalue weighted by molar-refractivity contribution is 5.79. The number of nitriles is 1. The van der Waals surface area contributed by atoms with E-state index in [9.17, 15) is 4.79 Å². The maximum Gasteiger partial charge on any atom is 0.228 e. The van der Waals surface area contributed by atoms with Crippen molar-refractivity contribution in [2.75, 3.05) is 13.7 Å². The molecule has 3 rings (SSSR count). The summed E-state index contributed by atoms with van der Waals surface area (Å²) < 4.78 is 7.81. The van der Waals surface area contributed by atoms with Gasteiger partial charge in [0.2, 0.25) is 5.91 Å². The molecule has 1 saturated heterocycles. The van der Waals surface area contributed by atoms with Gasteiger partial charge in [-0.25, -0.2) is 4.98 Å². The maximum atomic E-state index is 13.0. The molecule has 0 aliphatic carbocycles. The summed E-state index contributed by atoms with van der Waals surface area (Å²) in [6.45, 7) is 1.12. The van der Waals surface area contributed by atoms with Gasteiger partial charge in [-0.15, -0.1) is 0 Å². The molecule has 1 aromatic heterocycles. The molecular formula is C19H22N4O2. The van der Waals surface area contributed by atoms with Crippen molar-refractivity contribution < 1.29 is 9.53 Å². The molecule has 1 aliphatic heterocycles. The summed E-state index contributed by atoms with van der Waals surface area (Å²) in [6, 6.07) is 9.48. The first kappa shape index (κ1) is 17.2. The lowest BCUT2D eigenvalue weighted by molar-refractivity contribution is -0.145. The van der Waals surface area contributed by atoms with Crippen molar-refractivity contribution >= 4 is 5.91 Å². The fraction of sp³-hybridized carbons (Fsp3) is 0.421. The standard InChI is InChI=1S/C19H22N4O2/c1-22-9-8-21-18(22)17-16(7-4-10-25-17)19(24)23(2)13-15-6-3-5-14(11-15)12-20/h3,5-6,8-9,11,16-17H,4,7,10,13H2,1-2H3/t16-,17-/m1/s1. The summed E-state index contributed by atoms with van der Waals surface area (Å²) in [7, 11) is 3.71. The number of aromatic nitrogens is 2. The number of benzene rings is 1. The second kappa shape index (κ2) is 7.49. The fourth-order valence-corrected chi connectivity index (χ4v) is 3.31. The van der Waals surface area contributed by atoms with Gasteiger partial charge in [0.15, 0.2) is 0 Å². The predicted octanol–water partition coefficient (Wildman–Crippen LogP) is 2.42. The van der Waals surface area contributed by atoms with E-state index >= 15 is 0 Å². The molecule has 0 bridgehead atoms. The Morgan fingerprint density at radius 2 is 2.36 bits per heavy atom. The van der Waals surface area contributed by atoms with E-state index in [2.05, 4.69) is 11.1 Å². The number of hydrogen-bond donors (Lipinski definition) is 0. The molecule has 2 heterocycles. The van der Waals surface area contributed by atoms with Crippen LogP contribution in [0.5, 0.6) is 0 Å². The van der Waals surface area contributed by atoms with Crippen molar-refractivity contribution in [1.29, 1.82) is 5.26 Å². The molecule has 1 fully saturated rings. The zero-order chi connectivity index (χ0) is 17.8. The topological polar surface area (TPSA) is 71.2 Å². The predicted molar refractivity (Wildman–Crippen MR) is 92.3 cm³/mol. The van der Waals surface area contributed by atoms with Gasteiger partial charge in [0.05, 0.1) is 17.6 Å². The van der Waals surface area contributed by atoms with Crippen LogP contribution in [0.1, 0.15) is 35.9 Å². The lowest BCUT2D eigenvalue weighted by Gasteiger charge is -2.33. The molecule has 130 valence electrons. The van der Waals surface area contributed by atoms with E-state index in [1.54, 1.807) is 24.2 Å². The summed E-state index contributed by atoms with van der Waals surface area (Å²) in [5.41, 5.74) is 1.55. The van der Waals surface area contributed by atoms with Crippen LogP contribution < -0.4 is 0 Å². The number of nitrogens with zero attached hydrogens (tertiary/aromatic N) is 4. The lowest BCUT2D eigenvalue weighted by Crippen LogP contribution is -2.39. The van der Waals surface area contributed by atoms with Crippen molar-refractivity contribution in [2.45, 2.75) is 25.5 Å². The summed E-state index contributed by atoms with van der Waals surface area (Å²) in [4.78, 5) is 19.1. The van der Waals surface area contributed by atoms with E-state index in [-0.39, 0.29) is 17.9 Å². The molecule has 0 spiro atoms. The van der Waals surface area contributed by atoms with Gasteiger partial charge in [0.1, 0.15) is 11.9 Å². The van der Waals surface area contributed by atoms with Gasteiger partial charge < -0.3 is 14.2 Å². The van der Waals surface area contributed by atoms with E-state index in [0.29, 0.717) is 18.7 Å². The minimum absolute atomic E-state index is 0.0510. The van der Waals surface area contributed by atoms with Crippen LogP contribution in [0.4, 0.5) is 0 Å². The first-order valence-electron chi connectivity index (χ1n) is 8.43. The number of imidazole rings is 1. The first-order valence-corrected chi connectivity index (χ1v) is 8.43. The van der Waals surface area contributed by atoms with Crippen LogP contribution in [0.2, 0.25) is 0 Å². The fourth-order valence-electron chi connectivity index (χ4n) is 3.31. The van der Waals surface area contributed by atoms with Crippen LogP contribution in [0.15, 0.2) is 36.7 Å². The smallest absolute Gasteiger partial charge is 0.228 e. The van der Waals surface area contributed by atoms with Crippen LogP contribution in [-0.2, 0) is 23.1 Å². The molecule has 0 radical (unpaired) electrons. The van der Waals surface area contributed by atoms with Gasteiger partial charge in [-0.05, 0) is 30.5 Å². The van der Waals surface area contributed by atoms with Gasteiger partial charge in [-0.2, -0.15) is 5.26 Å². The molecular weight excluding hydrogens is 316 g/mol. The Labute approximate surface area is 147 Å². The summed E-state index contributed by atoms with van der Waals surface area (Å²) >= 11 is 0. The number of hydrogen-bond acceptors (Lipinski definition) is 4. The van der Waals surface area contributed by atoms with Crippen LogP contribution in [-0.4, -0.2) is 34.0 Å². The third kappa shape index (κ3) is 3.72. The Morgan fingerprint density at radius 1 is 1.52 bits per heavy atom. The van der Waals surface area contributed by atoms with E-state index < -0.39 is 0 Å². The van der Waals surface area contributed by atoms with Gasteiger partial charge in [-0.1, -0.05) is 12.1 Å². The number of carbonyl (C=O) groups is 1. The number of amides is 1. The quantitative estimate of drug-likeness (QED) is 0.858. The SMILES string of the molecule is CN(Cc1cccc(C#N)c1)C(=O)[C@@H]1CCCO[C@H]1c1nccn1C. The first-order chi connectivity index (χ1) is 12.1. The van der Waals surface area contributed by atoms with E-state index in [1.165, 1.54) is 0 Å². The monoisotopic (exact) mass is 338 g/mol. The number of ether oxygens (including phenoxy) is 1. The summed E-state index contributed by atoms with van der Waals surface area (Å²) in [6.07, 6.45) is 4.94. The lowest BCUT2D eigenvalue weighted by atomic mass is 9.92. The average molecular weight is 338 g/mol. The molecule has 0 saturated carbocycles. The Bertz CT molecular complexity index is 793. The van der Waals surface area contributed by atoms with Gasteiger partial charge in [-0.3, -0.25) is 4.79 Å². The van der Waals surface area contributed by atoms with E-state index in [1.807, 2.05) is 36.0 Å². The third-order valence-corrected chi connectivity index (χ3v) is 4.60. The Balaban J connectivity index is 1.75. The molecule has 6 heteroatoms. The highest BCUT2D eigenvalue weighted by atomic mass is 16.5. The summed E-state index contributed by atoms with van der Waals surface area (Å²) in [5.74, 6) is 0.604. The molecule has 0 unspecified atom stereocenters. The van der Waals surface area contributed by atoms with Gasteiger partial charge in [0, 0.05) is 39.6 Å². The van der Waals surface area contributed by atoms with Crippen LogP contribution in [0.25, 0.3) is 0 Å². The minimum Gasteiger partial charge on any atom is -0.369 e. The molecule has 1 aliphatic rings. The second-order valence-electron chi connectivity index (χ2n) is 6.44. The van der Waals surface area contributed by atoms with E-state index in [0.717, 1.165) is 24.2 Å². The van der Waals surface area contributed by atoms with Crippen molar-refractivity contribution in [1.82, 2.24) is 14.5 Å². The number of carbonyl (C=O) groups excluding carboxylic acids is 1. The highest BCUT2D eigenvalue weighted by Gasteiger charge is 2.36. The minimum atomic E-state index is -0.311. The maximum absolute atomic E-state index is 13.0. The zero-order valence-electron chi connectivity index (χ0n) is 14.6. The second-order valence-corrected chi connectivity index (χ2v) is 6.44. The molecule has 0 N–H and O–H groups in total. The molecule has 1 aromatic carbocycles. The van der Waals surface area contributed by atoms with Gasteiger partial charge in [0.25, 0.3) is 0 Å². The van der Waals surface area contributed by atoms with E-state index in [4.69, 9.17) is 10.00 Å². The van der Waals surface area contributed by atoms with Crippen LogP contribution in [0.3, 0.4) is 0 Å². The van der Waals surface area contributed by atoms with Crippen LogP contribution >= 0.6 is 0 Å². The summed E-state index contributed by atoms with van der Waals surface area (Å²) in [5, 5.41) is 9.02. The molecule has 2 aromatic rings. The third-order valence-electron chi connectivity index (χ3n) is 4.60. The van der Waals surface area contributed by atoms with Crippen LogP contribution in [0, 0.1) is 17.2 Å². The Kier molecular flexibility index (Phi) is 5.15. The largest absolute Gasteiger partial charge is 0.369 e. The number of aryl methyl sites for hydroxylation is 1. The van der Waals surface area contributed by atoms with Crippen molar-refractivity contribution in [3.8, 4) is 6.07 Å². The van der Waals surface area contributed by atoms with Crippen molar-refractivity contribution in [2.24, 2.45) is 13.0 Å². The Morgan fingerprint density at radius 3 is 3.08 bits per heavy atom. The van der Waals surface area contributed by atoms with Crippen molar-refractivity contribution in [3.63, 3.8) is 0 Å².